The fourth-order valence-corrected chi connectivity index (χ4v) is 1.04. The molecule has 4 N–H and O–H groups in total. The largest absolute Gasteiger partial charge is 0.347 e. The Morgan fingerprint density at radius 2 is 1.58 bits per heavy atom. The summed E-state index contributed by atoms with van der Waals surface area (Å²) >= 11 is 0. The average Bonchev–Trinajstić information content (AvgIpc) is 2.77. The standard InChI is InChI=1S/C7H9N5/c8-7(5-1-9-3-11-5)6-2-10-4-12-6/h1-4,7H,8H2,(H,9,11)(H,10,12). The minimum Gasteiger partial charge on any atom is -0.347 e. The first-order chi connectivity index (χ1) is 5.88. The van der Waals surface area contributed by atoms with E-state index >= 15 is 0 Å². The van der Waals surface area contributed by atoms with E-state index in [4.69, 9.17) is 5.73 Å². The van der Waals surface area contributed by atoms with Crippen LogP contribution in [0.5, 0.6) is 0 Å². The van der Waals surface area contributed by atoms with E-state index in [1.54, 1.807) is 25.0 Å². The number of aromatic amines is 2. The minimum atomic E-state index is -0.199. The van der Waals surface area contributed by atoms with Crippen molar-refractivity contribution in [3.05, 3.63) is 36.4 Å². The molecule has 2 aromatic heterocycles. The predicted molar refractivity (Wildman–Crippen MR) is 43.2 cm³/mol. The first kappa shape index (κ1) is 7.05. The maximum atomic E-state index is 5.86. The Morgan fingerprint density at radius 1 is 1.08 bits per heavy atom. The lowest BCUT2D eigenvalue weighted by atomic mass is 10.2. The second-order valence-electron chi connectivity index (χ2n) is 2.49. The second-order valence-corrected chi connectivity index (χ2v) is 2.49. The van der Waals surface area contributed by atoms with E-state index in [-0.39, 0.29) is 6.04 Å². The second kappa shape index (κ2) is 2.78. The van der Waals surface area contributed by atoms with Gasteiger partial charge < -0.3 is 15.7 Å². The molecule has 0 amide bonds. The van der Waals surface area contributed by atoms with Gasteiger partial charge in [-0.2, -0.15) is 0 Å². The quantitative estimate of drug-likeness (QED) is 0.590. The molecule has 0 aliphatic carbocycles. The van der Waals surface area contributed by atoms with Crippen LogP contribution in [0.4, 0.5) is 0 Å². The zero-order chi connectivity index (χ0) is 8.39. The molecule has 0 aromatic carbocycles. The van der Waals surface area contributed by atoms with E-state index < -0.39 is 0 Å². The molecule has 0 saturated carbocycles. The molecule has 62 valence electrons. The molecule has 12 heavy (non-hydrogen) atoms. The van der Waals surface area contributed by atoms with Gasteiger partial charge in [0.15, 0.2) is 0 Å². The highest BCUT2D eigenvalue weighted by Crippen LogP contribution is 2.12. The molecular weight excluding hydrogens is 154 g/mol. The third-order valence-corrected chi connectivity index (χ3v) is 1.71. The SMILES string of the molecule is NC(c1cnc[nH]1)c1cnc[nH]1. The summed E-state index contributed by atoms with van der Waals surface area (Å²) in [6.45, 7) is 0. The molecule has 2 heterocycles. The first-order valence-electron chi connectivity index (χ1n) is 3.60. The highest BCUT2D eigenvalue weighted by Gasteiger charge is 2.10. The van der Waals surface area contributed by atoms with Gasteiger partial charge in [-0.05, 0) is 0 Å². The van der Waals surface area contributed by atoms with Gasteiger partial charge in [0, 0.05) is 12.4 Å². The fourth-order valence-electron chi connectivity index (χ4n) is 1.04. The first-order valence-corrected chi connectivity index (χ1v) is 3.60. The van der Waals surface area contributed by atoms with Gasteiger partial charge in [0.05, 0.1) is 30.1 Å². The lowest BCUT2D eigenvalue weighted by Gasteiger charge is -2.04. The lowest BCUT2D eigenvalue weighted by molar-refractivity contribution is 0.809. The maximum absolute atomic E-state index is 5.86. The van der Waals surface area contributed by atoms with Crippen LogP contribution >= 0.6 is 0 Å². The smallest absolute Gasteiger partial charge is 0.0922 e. The van der Waals surface area contributed by atoms with Crippen molar-refractivity contribution < 1.29 is 0 Å². The third-order valence-electron chi connectivity index (χ3n) is 1.71. The van der Waals surface area contributed by atoms with Crippen molar-refractivity contribution in [3.8, 4) is 0 Å². The summed E-state index contributed by atoms with van der Waals surface area (Å²) in [5.74, 6) is 0. The summed E-state index contributed by atoms with van der Waals surface area (Å²) in [6, 6.07) is -0.199. The van der Waals surface area contributed by atoms with Gasteiger partial charge in [0.2, 0.25) is 0 Å². The maximum Gasteiger partial charge on any atom is 0.0922 e. The highest BCUT2D eigenvalue weighted by atomic mass is 14.9. The van der Waals surface area contributed by atoms with Gasteiger partial charge in [-0.3, -0.25) is 0 Å². The fraction of sp³-hybridized carbons (Fsp3) is 0.143. The molecule has 0 spiro atoms. The molecule has 0 unspecified atom stereocenters. The summed E-state index contributed by atoms with van der Waals surface area (Å²) in [4.78, 5) is 13.6. The topological polar surface area (TPSA) is 83.4 Å². The average molecular weight is 163 g/mol. The number of hydrogen-bond acceptors (Lipinski definition) is 3. The Bertz CT molecular complexity index is 288. The molecule has 2 rings (SSSR count). The Morgan fingerprint density at radius 3 is 1.92 bits per heavy atom. The molecule has 0 bridgehead atoms. The number of rotatable bonds is 2. The van der Waals surface area contributed by atoms with Crippen molar-refractivity contribution >= 4 is 0 Å². The third kappa shape index (κ3) is 1.10. The van der Waals surface area contributed by atoms with E-state index in [9.17, 15) is 0 Å². The zero-order valence-corrected chi connectivity index (χ0v) is 6.36. The van der Waals surface area contributed by atoms with Crippen LogP contribution in [0.25, 0.3) is 0 Å². The van der Waals surface area contributed by atoms with E-state index in [1.807, 2.05) is 0 Å². The zero-order valence-electron chi connectivity index (χ0n) is 6.36. The van der Waals surface area contributed by atoms with Crippen molar-refractivity contribution in [2.45, 2.75) is 6.04 Å². The van der Waals surface area contributed by atoms with E-state index in [1.165, 1.54) is 0 Å². The van der Waals surface area contributed by atoms with Crippen LogP contribution in [0, 0.1) is 0 Å². The Kier molecular flexibility index (Phi) is 1.64. The van der Waals surface area contributed by atoms with Crippen LogP contribution in [0.2, 0.25) is 0 Å². The van der Waals surface area contributed by atoms with E-state index in [0.29, 0.717) is 0 Å². The van der Waals surface area contributed by atoms with Gasteiger partial charge in [-0.15, -0.1) is 0 Å². The van der Waals surface area contributed by atoms with Crippen LogP contribution < -0.4 is 5.73 Å². The van der Waals surface area contributed by atoms with Gasteiger partial charge in [0.25, 0.3) is 0 Å². The molecular formula is C7H9N5. The lowest BCUT2D eigenvalue weighted by Crippen LogP contribution is -2.12. The van der Waals surface area contributed by atoms with Crippen LogP contribution in [-0.4, -0.2) is 19.9 Å². The molecule has 0 aliphatic rings. The van der Waals surface area contributed by atoms with E-state index in [2.05, 4.69) is 19.9 Å². The Balaban J connectivity index is 2.27. The summed E-state index contributed by atoms with van der Waals surface area (Å²) in [5, 5.41) is 0. The van der Waals surface area contributed by atoms with Crippen LogP contribution in [-0.2, 0) is 0 Å². The molecule has 0 radical (unpaired) electrons. The molecule has 5 nitrogen and oxygen atoms in total. The number of aromatic nitrogens is 4. The molecule has 0 saturated heterocycles. The number of nitrogens with one attached hydrogen (secondary N) is 2. The van der Waals surface area contributed by atoms with Crippen molar-refractivity contribution in [1.82, 2.24) is 19.9 Å². The normalized spacial score (nSPS) is 10.8. The highest BCUT2D eigenvalue weighted by molar-refractivity contribution is 5.16. The number of imidazole rings is 2. The van der Waals surface area contributed by atoms with Crippen molar-refractivity contribution in [3.63, 3.8) is 0 Å². The Hall–Kier alpha value is -1.62. The summed E-state index contributed by atoms with van der Waals surface area (Å²) in [7, 11) is 0. The summed E-state index contributed by atoms with van der Waals surface area (Å²) in [5.41, 5.74) is 7.61. The molecule has 5 heteroatoms. The number of hydrogen-bond donors (Lipinski definition) is 3. The molecule has 0 aliphatic heterocycles. The summed E-state index contributed by atoms with van der Waals surface area (Å²) < 4.78 is 0. The number of nitrogens with zero attached hydrogens (tertiary/aromatic N) is 2. The number of H-pyrrole nitrogens is 2. The van der Waals surface area contributed by atoms with Gasteiger partial charge in [-0.1, -0.05) is 0 Å². The van der Waals surface area contributed by atoms with Crippen molar-refractivity contribution in [2.75, 3.05) is 0 Å². The van der Waals surface area contributed by atoms with Gasteiger partial charge >= 0.3 is 0 Å². The van der Waals surface area contributed by atoms with Crippen molar-refractivity contribution in [1.29, 1.82) is 0 Å². The van der Waals surface area contributed by atoms with Crippen molar-refractivity contribution in [2.24, 2.45) is 5.73 Å². The molecule has 2 aromatic rings. The van der Waals surface area contributed by atoms with Crippen LogP contribution in [0.15, 0.2) is 25.0 Å². The predicted octanol–water partition coefficient (Wildman–Crippen LogP) is 0.181. The van der Waals surface area contributed by atoms with Gasteiger partial charge in [-0.25, -0.2) is 9.97 Å². The minimum absolute atomic E-state index is 0.199. The molecule has 0 atom stereocenters. The van der Waals surface area contributed by atoms with Crippen LogP contribution in [0.3, 0.4) is 0 Å². The molecule has 0 fully saturated rings. The van der Waals surface area contributed by atoms with Gasteiger partial charge in [0.1, 0.15) is 0 Å². The monoisotopic (exact) mass is 163 g/mol. The Labute approximate surface area is 69.1 Å². The van der Waals surface area contributed by atoms with Crippen LogP contribution in [0.1, 0.15) is 17.4 Å². The summed E-state index contributed by atoms with van der Waals surface area (Å²) in [6.07, 6.45) is 6.61. The van der Waals surface area contributed by atoms with E-state index in [0.717, 1.165) is 11.4 Å². The number of nitrogens with two attached hydrogens (primary N) is 1.